The molecule has 0 spiro atoms. The van der Waals surface area contributed by atoms with Gasteiger partial charge in [0.1, 0.15) is 11.5 Å². The number of nitrogens with two attached hydrogens (primary N) is 1. The van der Waals surface area contributed by atoms with Crippen molar-refractivity contribution in [1.82, 2.24) is 0 Å². The second kappa shape index (κ2) is 5.95. The van der Waals surface area contributed by atoms with Crippen molar-refractivity contribution in [2.45, 2.75) is 19.9 Å². The van der Waals surface area contributed by atoms with E-state index >= 15 is 0 Å². The average Bonchev–Trinajstić information content (AvgIpc) is 2.34. The first-order valence-corrected chi connectivity index (χ1v) is 7.13. The van der Waals surface area contributed by atoms with Gasteiger partial charge in [-0.2, -0.15) is 0 Å². The second-order valence-electron chi connectivity index (χ2n) is 4.48. The summed E-state index contributed by atoms with van der Waals surface area (Å²) in [5.74, 6) is 1.55. The molecule has 19 heavy (non-hydrogen) atoms. The van der Waals surface area contributed by atoms with Crippen LogP contribution in [0.5, 0.6) is 11.5 Å². The summed E-state index contributed by atoms with van der Waals surface area (Å²) in [6.45, 7) is 3.90. The molecule has 0 amide bonds. The molecule has 4 heteroatoms. The van der Waals surface area contributed by atoms with Crippen LogP contribution in [-0.2, 0) is 0 Å². The minimum Gasteiger partial charge on any atom is -0.457 e. The summed E-state index contributed by atoms with van der Waals surface area (Å²) in [7, 11) is 0. The molecule has 0 aromatic heterocycles. The maximum atomic E-state index is 5.98. The van der Waals surface area contributed by atoms with Crippen molar-refractivity contribution in [2.24, 2.45) is 5.73 Å². The molecule has 0 bridgehead atoms. The van der Waals surface area contributed by atoms with E-state index in [2.05, 4.69) is 15.9 Å². The Morgan fingerprint density at radius 2 is 1.84 bits per heavy atom. The highest BCUT2D eigenvalue weighted by Crippen LogP contribution is 2.33. The van der Waals surface area contributed by atoms with Gasteiger partial charge < -0.3 is 10.5 Å². The summed E-state index contributed by atoms with van der Waals surface area (Å²) in [4.78, 5) is 0. The third kappa shape index (κ3) is 3.50. The Morgan fingerprint density at radius 1 is 1.16 bits per heavy atom. The molecule has 0 heterocycles. The van der Waals surface area contributed by atoms with E-state index in [0.717, 1.165) is 27.1 Å². The van der Waals surface area contributed by atoms with E-state index in [0.29, 0.717) is 5.02 Å². The number of ether oxygens (including phenoxy) is 1. The third-order valence-corrected chi connectivity index (χ3v) is 3.55. The summed E-state index contributed by atoms with van der Waals surface area (Å²) in [6, 6.07) is 11.3. The smallest absolute Gasteiger partial charge is 0.132 e. The van der Waals surface area contributed by atoms with E-state index in [1.807, 2.05) is 50.2 Å². The number of halogens is 2. The largest absolute Gasteiger partial charge is 0.457 e. The molecule has 0 aliphatic heterocycles. The molecule has 0 aliphatic carbocycles. The lowest BCUT2D eigenvalue weighted by Crippen LogP contribution is -2.06. The van der Waals surface area contributed by atoms with Crippen LogP contribution in [0, 0.1) is 6.92 Å². The lowest BCUT2D eigenvalue weighted by atomic mass is 10.1. The minimum absolute atomic E-state index is 0.0971. The fourth-order valence-electron chi connectivity index (χ4n) is 1.81. The Balaban J connectivity index is 2.38. The maximum absolute atomic E-state index is 5.98. The summed E-state index contributed by atoms with van der Waals surface area (Å²) in [6.07, 6.45) is 0. The van der Waals surface area contributed by atoms with Crippen LogP contribution in [-0.4, -0.2) is 0 Å². The number of hydrogen-bond donors (Lipinski definition) is 1. The van der Waals surface area contributed by atoms with E-state index in [9.17, 15) is 0 Å². The summed E-state index contributed by atoms with van der Waals surface area (Å²) < 4.78 is 6.94. The lowest BCUT2D eigenvalue weighted by molar-refractivity contribution is 0.468. The quantitative estimate of drug-likeness (QED) is 0.831. The average molecular weight is 341 g/mol. The van der Waals surface area contributed by atoms with Gasteiger partial charge in [-0.1, -0.05) is 27.5 Å². The van der Waals surface area contributed by atoms with Crippen LogP contribution in [0.15, 0.2) is 40.9 Å². The highest BCUT2D eigenvalue weighted by atomic mass is 79.9. The number of aryl methyl sites for hydroxylation is 1. The summed E-state index contributed by atoms with van der Waals surface area (Å²) in [5, 5.41) is 0.702. The Hall–Kier alpha value is -1.03. The van der Waals surface area contributed by atoms with Crippen LogP contribution in [0.2, 0.25) is 5.02 Å². The van der Waals surface area contributed by atoms with Crippen molar-refractivity contribution in [2.75, 3.05) is 0 Å². The van der Waals surface area contributed by atoms with Gasteiger partial charge in [-0.3, -0.25) is 0 Å². The van der Waals surface area contributed by atoms with E-state index < -0.39 is 0 Å². The highest BCUT2D eigenvalue weighted by Gasteiger charge is 2.11. The third-order valence-electron chi connectivity index (χ3n) is 2.82. The first kappa shape index (κ1) is 14.4. The lowest BCUT2D eigenvalue weighted by Gasteiger charge is -2.15. The van der Waals surface area contributed by atoms with Crippen molar-refractivity contribution in [1.29, 1.82) is 0 Å². The standard InChI is InChI=1S/C15H15BrClNO/c1-9-7-12(17)4-6-14(9)19-15-5-3-11(16)8-13(15)10(2)18/h3-8,10H,18H2,1-2H3. The number of benzene rings is 2. The monoisotopic (exact) mass is 339 g/mol. The molecule has 0 aliphatic rings. The van der Waals surface area contributed by atoms with E-state index in [4.69, 9.17) is 22.1 Å². The van der Waals surface area contributed by atoms with Crippen LogP contribution in [0.3, 0.4) is 0 Å². The Kier molecular flexibility index (Phi) is 4.50. The molecular formula is C15H15BrClNO. The van der Waals surface area contributed by atoms with Crippen molar-refractivity contribution in [3.05, 3.63) is 57.0 Å². The Morgan fingerprint density at radius 3 is 2.47 bits per heavy atom. The van der Waals surface area contributed by atoms with E-state index in [-0.39, 0.29) is 6.04 Å². The van der Waals surface area contributed by atoms with Gasteiger partial charge in [0, 0.05) is 21.1 Å². The number of hydrogen-bond acceptors (Lipinski definition) is 2. The van der Waals surface area contributed by atoms with Crippen LogP contribution >= 0.6 is 27.5 Å². The van der Waals surface area contributed by atoms with Crippen LogP contribution in [0.25, 0.3) is 0 Å². The van der Waals surface area contributed by atoms with Gasteiger partial charge in [0.2, 0.25) is 0 Å². The summed E-state index contributed by atoms with van der Waals surface area (Å²) >= 11 is 9.39. The fraction of sp³-hybridized carbons (Fsp3) is 0.200. The normalized spacial score (nSPS) is 12.3. The molecule has 1 atom stereocenters. The molecule has 2 aromatic rings. The topological polar surface area (TPSA) is 35.2 Å². The molecule has 0 saturated carbocycles. The molecule has 100 valence electrons. The van der Waals surface area contributed by atoms with Crippen LogP contribution in [0.1, 0.15) is 24.1 Å². The van der Waals surface area contributed by atoms with Gasteiger partial charge in [-0.25, -0.2) is 0 Å². The van der Waals surface area contributed by atoms with Gasteiger partial charge in [0.05, 0.1) is 0 Å². The second-order valence-corrected chi connectivity index (χ2v) is 5.83. The molecule has 2 N–H and O–H groups in total. The molecule has 0 radical (unpaired) electrons. The first-order chi connectivity index (χ1) is 8.97. The highest BCUT2D eigenvalue weighted by molar-refractivity contribution is 9.10. The fourth-order valence-corrected chi connectivity index (χ4v) is 2.42. The minimum atomic E-state index is -0.0971. The predicted octanol–water partition coefficient (Wildman–Crippen LogP) is 5.22. The van der Waals surface area contributed by atoms with Gasteiger partial charge in [-0.05, 0) is 55.8 Å². The zero-order valence-corrected chi connectivity index (χ0v) is 13.1. The molecule has 2 rings (SSSR count). The van der Waals surface area contributed by atoms with Gasteiger partial charge in [0.25, 0.3) is 0 Å². The van der Waals surface area contributed by atoms with Crippen molar-refractivity contribution >= 4 is 27.5 Å². The summed E-state index contributed by atoms with van der Waals surface area (Å²) in [5.41, 5.74) is 7.93. The maximum Gasteiger partial charge on any atom is 0.132 e. The van der Waals surface area contributed by atoms with Crippen molar-refractivity contribution in [3.63, 3.8) is 0 Å². The molecule has 2 nitrogen and oxygen atoms in total. The van der Waals surface area contributed by atoms with Crippen LogP contribution in [0.4, 0.5) is 0 Å². The van der Waals surface area contributed by atoms with E-state index in [1.54, 1.807) is 0 Å². The molecular weight excluding hydrogens is 326 g/mol. The van der Waals surface area contributed by atoms with Crippen molar-refractivity contribution < 1.29 is 4.74 Å². The zero-order chi connectivity index (χ0) is 14.0. The Bertz CT molecular complexity index is 599. The van der Waals surface area contributed by atoms with Gasteiger partial charge in [-0.15, -0.1) is 0 Å². The molecule has 0 fully saturated rings. The van der Waals surface area contributed by atoms with Crippen LogP contribution < -0.4 is 10.5 Å². The first-order valence-electron chi connectivity index (χ1n) is 5.96. The zero-order valence-electron chi connectivity index (χ0n) is 10.8. The Labute approximate surface area is 126 Å². The predicted molar refractivity (Wildman–Crippen MR) is 83.0 cm³/mol. The van der Waals surface area contributed by atoms with E-state index in [1.165, 1.54) is 0 Å². The SMILES string of the molecule is Cc1cc(Cl)ccc1Oc1ccc(Br)cc1C(C)N. The number of rotatable bonds is 3. The molecule has 1 unspecified atom stereocenters. The van der Waals surface area contributed by atoms with Gasteiger partial charge >= 0.3 is 0 Å². The van der Waals surface area contributed by atoms with Crippen molar-refractivity contribution in [3.8, 4) is 11.5 Å². The molecule has 0 saturated heterocycles. The molecule has 2 aromatic carbocycles. The van der Waals surface area contributed by atoms with Gasteiger partial charge in [0.15, 0.2) is 0 Å².